The molecule has 0 aliphatic heterocycles. The second-order valence-electron chi connectivity index (χ2n) is 4.49. The van der Waals surface area contributed by atoms with E-state index in [4.69, 9.17) is 4.74 Å². The minimum absolute atomic E-state index is 0.108. The fraction of sp³-hybridized carbons (Fsp3) is 0.267. The molecule has 100 valence electrons. The molecule has 1 heterocycles. The number of benzene rings is 1. The van der Waals surface area contributed by atoms with E-state index in [2.05, 4.69) is 15.9 Å². The van der Waals surface area contributed by atoms with E-state index in [1.54, 1.807) is 11.3 Å². The Bertz CT molecular complexity index is 575. The van der Waals surface area contributed by atoms with Crippen LogP contribution in [0.1, 0.15) is 29.1 Å². The highest BCUT2D eigenvalue weighted by Crippen LogP contribution is 2.25. The second kappa shape index (κ2) is 6.35. The molecule has 0 radical (unpaired) electrons. The summed E-state index contributed by atoms with van der Waals surface area (Å²) < 4.78 is 6.61. The average Bonchev–Trinajstić information content (AvgIpc) is 2.74. The lowest BCUT2D eigenvalue weighted by atomic mass is 10.1. The lowest BCUT2D eigenvalue weighted by Crippen LogP contribution is -2.07. The minimum Gasteiger partial charge on any atom is -0.491 e. The van der Waals surface area contributed by atoms with E-state index < -0.39 is 0 Å². The highest BCUT2D eigenvalue weighted by molar-refractivity contribution is 9.10. The van der Waals surface area contributed by atoms with Gasteiger partial charge in [0.25, 0.3) is 0 Å². The van der Waals surface area contributed by atoms with Crippen molar-refractivity contribution in [3.8, 4) is 5.75 Å². The Balaban J connectivity index is 2.13. The number of hydrogen-bond donors (Lipinski definition) is 0. The second-order valence-corrected chi connectivity index (χ2v) is 6.34. The molecule has 2 nitrogen and oxygen atoms in total. The maximum atomic E-state index is 12.2. The first kappa shape index (κ1) is 14.3. The Hall–Kier alpha value is -1.13. The van der Waals surface area contributed by atoms with Gasteiger partial charge in [0.1, 0.15) is 5.75 Å². The predicted molar refractivity (Wildman–Crippen MR) is 82.3 cm³/mol. The fourth-order valence-corrected chi connectivity index (χ4v) is 3.21. The average molecular weight is 339 g/mol. The third-order valence-electron chi connectivity index (χ3n) is 2.54. The number of thiophene rings is 1. The van der Waals surface area contributed by atoms with Crippen LogP contribution in [0, 0.1) is 0 Å². The van der Waals surface area contributed by atoms with Gasteiger partial charge < -0.3 is 4.74 Å². The largest absolute Gasteiger partial charge is 0.491 e. The number of ether oxygens (including phenoxy) is 1. The van der Waals surface area contributed by atoms with Crippen LogP contribution in [0.2, 0.25) is 0 Å². The topological polar surface area (TPSA) is 26.3 Å². The van der Waals surface area contributed by atoms with E-state index in [-0.39, 0.29) is 11.9 Å². The van der Waals surface area contributed by atoms with Gasteiger partial charge in [-0.25, -0.2) is 0 Å². The first-order chi connectivity index (χ1) is 9.06. The fourth-order valence-electron chi connectivity index (χ4n) is 1.71. The van der Waals surface area contributed by atoms with Crippen LogP contribution in [0.3, 0.4) is 0 Å². The van der Waals surface area contributed by atoms with Gasteiger partial charge in [0, 0.05) is 21.3 Å². The van der Waals surface area contributed by atoms with Crippen LogP contribution in [0.25, 0.3) is 0 Å². The van der Waals surface area contributed by atoms with E-state index in [0.717, 1.165) is 15.1 Å². The molecule has 0 amide bonds. The van der Waals surface area contributed by atoms with Crippen LogP contribution in [-0.2, 0) is 6.42 Å². The number of Topliss-reactive ketones (excluding diaryl/α,β-unsaturated/α-hetero) is 1. The van der Waals surface area contributed by atoms with Gasteiger partial charge in [-0.1, -0.05) is 12.1 Å². The first-order valence-electron chi connectivity index (χ1n) is 6.08. The highest BCUT2D eigenvalue weighted by Gasteiger charge is 2.11. The highest BCUT2D eigenvalue weighted by atomic mass is 79.9. The molecule has 2 aromatic rings. The Morgan fingerprint density at radius 2 is 2.16 bits per heavy atom. The minimum atomic E-state index is 0.108. The summed E-state index contributed by atoms with van der Waals surface area (Å²) in [6, 6.07) is 9.33. The van der Waals surface area contributed by atoms with Crippen molar-refractivity contribution < 1.29 is 9.53 Å². The molecule has 4 heteroatoms. The summed E-state index contributed by atoms with van der Waals surface area (Å²) in [6.45, 7) is 3.94. The smallest absolute Gasteiger partial charge is 0.168 e. The van der Waals surface area contributed by atoms with Gasteiger partial charge in [-0.15, -0.1) is 11.3 Å². The summed E-state index contributed by atoms with van der Waals surface area (Å²) in [5, 5.41) is 1.98. The van der Waals surface area contributed by atoms with Gasteiger partial charge in [-0.05, 0) is 53.4 Å². The zero-order chi connectivity index (χ0) is 13.8. The van der Waals surface area contributed by atoms with E-state index >= 15 is 0 Å². The SMILES string of the molecule is CC(C)Oc1cccc(C(=O)Cc2sccc2Br)c1. The van der Waals surface area contributed by atoms with Crippen LogP contribution in [-0.4, -0.2) is 11.9 Å². The Kier molecular flexibility index (Phi) is 4.77. The zero-order valence-corrected chi connectivity index (χ0v) is 13.3. The molecule has 0 spiro atoms. The van der Waals surface area contributed by atoms with Crippen molar-refractivity contribution in [1.29, 1.82) is 0 Å². The number of carbonyl (C=O) groups is 1. The third kappa shape index (κ3) is 3.91. The lowest BCUT2D eigenvalue weighted by Gasteiger charge is -2.10. The van der Waals surface area contributed by atoms with E-state index in [9.17, 15) is 4.79 Å². The van der Waals surface area contributed by atoms with Crippen molar-refractivity contribution >= 4 is 33.0 Å². The summed E-state index contributed by atoms with van der Waals surface area (Å²) in [6.07, 6.45) is 0.528. The maximum Gasteiger partial charge on any atom is 0.168 e. The van der Waals surface area contributed by atoms with Crippen LogP contribution in [0.4, 0.5) is 0 Å². The number of hydrogen-bond acceptors (Lipinski definition) is 3. The van der Waals surface area contributed by atoms with Crippen LogP contribution < -0.4 is 4.74 Å². The summed E-state index contributed by atoms with van der Waals surface area (Å²) in [7, 11) is 0. The molecular weight excluding hydrogens is 324 g/mol. The van der Waals surface area contributed by atoms with Gasteiger partial charge in [-0.3, -0.25) is 4.79 Å². The van der Waals surface area contributed by atoms with Crippen molar-refractivity contribution in [2.75, 3.05) is 0 Å². The van der Waals surface area contributed by atoms with Crippen LogP contribution >= 0.6 is 27.3 Å². The van der Waals surface area contributed by atoms with E-state index in [0.29, 0.717) is 12.0 Å². The molecular formula is C15H15BrO2S. The molecule has 0 atom stereocenters. The molecule has 2 rings (SSSR count). The van der Waals surface area contributed by atoms with E-state index in [1.807, 2.05) is 49.6 Å². The lowest BCUT2D eigenvalue weighted by molar-refractivity contribution is 0.0993. The summed E-state index contributed by atoms with van der Waals surface area (Å²) >= 11 is 5.04. The molecule has 0 aliphatic rings. The first-order valence-corrected chi connectivity index (χ1v) is 7.75. The Morgan fingerprint density at radius 3 is 2.79 bits per heavy atom. The normalized spacial score (nSPS) is 10.7. The van der Waals surface area contributed by atoms with Crippen molar-refractivity contribution in [2.45, 2.75) is 26.4 Å². The maximum absolute atomic E-state index is 12.2. The summed E-state index contributed by atoms with van der Waals surface area (Å²) in [5.41, 5.74) is 0.693. The Labute approximate surface area is 125 Å². The number of ketones is 1. The van der Waals surface area contributed by atoms with Crippen molar-refractivity contribution in [2.24, 2.45) is 0 Å². The van der Waals surface area contributed by atoms with Gasteiger partial charge in [0.05, 0.1) is 6.10 Å². The molecule has 0 unspecified atom stereocenters. The molecule has 0 aliphatic carbocycles. The van der Waals surface area contributed by atoms with Gasteiger partial charge in [0.15, 0.2) is 5.78 Å². The molecule has 0 fully saturated rings. The van der Waals surface area contributed by atoms with E-state index in [1.165, 1.54) is 0 Å². The molecule has 1 aromatic heterocycles. The number of halogens is 1. The van der Waals surface area contributed by atoms with Crippen LogP contribution in [0.15, 0.2) is 40.2 Å². The number of rotatable bonds is 5. The molecule has 19 heavy (non-hydrogen) atoms. The van der Waals surface area contributed by atoms with Gasteiger partial charge in [-0.2, -0.15) is 0 Å². The monoisotopic (exact) mass is 338 g/mol. The van der Waals surface area contributed by atoms with Gasteiger partial charge >= 0.3 is 0 Å². The molecule has 0 N–H and O–H groups in total. The molecule has 0 saturated carbocycles. The molecule has 0 saturated heterocycles. The predicted octanol–water partition coefficient (Wildman–Crippen LogP) is 4.72. The standard InChI is InChI=1S/C15H15BrO2S/c1-10(2)18-12-5-3-4-11(8-12)14(17)9-15-13(16)6-7-19-15/h3-8,10H,9H2,1-2H3. The third-order valence-corrected chi connectivity index (χ3v) is 4.47. The summed E-state index contributed by atoms with van der Waals surface area (Å²) in [5.74, 6) is 0.850. The van der Waals surface area contributed by atoms with Gasteiger partial charge in [0.2, 0.25) is 0 Å². The van der Waals surface area contributed by atoms with Crippen LogP contribution in [0.5, 0.6) is 5.75 Å². The molecule has 0 bridgehead atoms. The van der Waals surface area contributed by atoms with Crippen molar-refractivity contribution in [3.63, 3.8) is 0 Å². The zero-order valence-electron chi connectivity index (χ0n) is 10.9. The quantitative estimate of drug-likeness (QED) is 0.737. The number of carbonyl (C=O) groups excluding carboxylic acids is 1. The molecule has 1 aromatic carbocycles. The van der Waals surface area contributed by atoms with Crippen molar-refractivity contribution in [1.82, 2.24) is 0 Å². The Morgan fingerprint density at radius 1 is 1.37 bits per heavy atom. The van der Waals surface area contributed by atoms with Crippen molar-refractivity contribution in [3.05, 3.63) is 50.6 Å². The summed E-state index contributed by atoms with van der Waals surface area (Å²) in [4.78, 5) is 13.3.